The smallest absolute Gasteiger partial charge is 0.417 e. The highest BCUT2D eigenvalue weighted by molar-refractivity contribution is 5.92. The van der Waals surface area contributed by atoms with Crippen LogP contribution in [0.4, 0.5) is 13.2 Å². The van der Waals surface area contributed by atoms with Crippen molar-refractivity contribution in [1.82, 2.24) is 4.57 Å². The van der Waals surface area contributed by atoms with E-state index in [1.54, 1.807) is 73.0 Å². The van der Waals surface area contributed by atoms with E-state index in [9.17, 15) is 23.1 Å². The normalized spacial score (nSPS) is 12.4. The molecule has 6 nitrogen and oxygen atoms in total. The first-order valence-corrected chi connectivity index (χ1v) is 11.6. The lowest BCUT2D eigenvalue weighted by atomic mass is 10.1. The zero-order chi connectivity index (χ0) is 26.7. The largest absolute Gasteiger partial charge is 0.497 e. The molecule has 0 bridgehead atoms. The van der Waals surface area contributed by atoms with Gasteiger partial charge in [-0.15, -0.1) is 0 Å². The number of alkyl halides is 3. The first kappa shape index (κ1) is 25.9. The Kier molecular flexibility index (Phi) is 7.33. The number of aromatic nitrogens is 1. The SMILES string of the molecule is CCC(Oc1cccc(Cn2c(C)c(Oc3ccc(OC)cc3)c3c(C(F)(F)F)cccc32)c1)C(=O)O. The van der Waals surface area contributed by atoms with Gasteiger partial charge in [-0.2, -0.15) is 13.2 Å². The molecule has 0 fully saturated rings. The van der Waals surface area contributed by atoms with Crippen LogP contribution in [0, 0.1) is 6.92 Å². The van der Waals surface area contributed by atoms with E-state index < -0.39 is 23.8 Å². The fraction of sp³-hybridized carbons (Fsp3) is 0.250. The molecule has 0 aliphatic carbocycles. The zero-order valence-corrected chi connectivity index (χ0v) is 20.5. The number of ether oxygens (including phenoxy) is 3. The summed E-state index contributed by atoms with van der Waals surface area (Å²) >= 11 is 0. The summed E-state index contributed by atoms with van der Waals surface area (Å²) in [6.07, 6.45) is -5.30. The number of hydrogen-bond donors (Lipinski definition) is 1. The van der Waals surface area contributed by atoms with Crippen LogP contribution in [0.1, 0.15) is 30.2 Å². The number of rotatable bonds is 9. The summed E-state index contributed by atoms with van der Waals surface area (Å²) in [6, 6.07) is 17.5. The highest BCUT2D eigenvalue weighted by Gasteiger charge is 2.35. The molecule has 1 aromatic heterocycles. The second-order valence-corrected chi connectivity index (χ2v) is 8.48. The first-order chi connectivity index (χ1) is 17.6. The molecule has 1 heterocycles. The van der Waals surface area contributed by atoms with Crippen LogP contribution in [-0.2, 0) is 17.5 Å². The van der Waals surface area contributed by atoms with Crippen molar-refractivity contribution in [2.75, 3.05) is 7.11 Å². The summed E-state index contributed by atoms with van der Waals surface area (Å²) in [7, 11) is 1.52. The third-order valence-electron chi connectivity index (χ3n) is 6.04. The number of aliphatic carboxylic acids is 1. The predicted molar refractivity (Wildman–Crippen MR) is 133 cm³/mol. The van der Waals surface area contributed by atoms with Crippen molar-refractivity contribution in [3.05, 3.63) is 83.6 Å². The molecule has 4 aromatic rings. The second kappa shape index (κ2) is 10.5. The van der Waals surface area contributed by atoms with Gasteiger partial charge in [0.05, 0.1) is 29.3 Å². The molecule has 0 radical (unpaired) electrons. The highest BCUT2D eigenvalue weighted by atomic mass is 19.4. The summed E-state index contributed by atoms with van der Waals surface area (Å²) in [6.45, 7) is 3.63. The van der Waals surface area contributed by atoms with Crippen molar-refractivity contribution in [3.63, 3.8) is 0 Å². The fourth-order valence-corrected chi connectivity index (χ4v) is 4.19. The molecule has 1 N–H and O–H groups in total. The minimum atomic E-state index is -4.59. The molecular formula is C28H26F3NO5. The van der Waals surface area contributed by atoms with Crippen molar-refractivity contribution >= 4 is 16.9 Å². The Labute approximate surface area is 211 Å². The Bertz CT molecular complexity index is 1410. The third kappa shape index (κ3) is 5.50. The molecule has 0 amide bonds. The summed E-state index contributed by atoms with van der Waals surface area (Å²) in [5.74, 6) is 0.372. The van der Waals surface area contributed by atoms with Crippen molar-refractivity contribution in [1.29, 1.82) is 0 Å². The van der Waals surface area contributed by atoms with Crippen LogP contribution in [0.15, 0.2) is 66.7 Å². The van der Waals surface area contributed by atoms with Gasteiger partial charge >= 0.3 is 12.1 Å². The van der Waals surface area contributed by atoms with Crippen LogP contribution in [-0.4, -0.2) is 28.9 Å². The van der Waals surface area contributed by atoms with E-state index in [2.05, 4.69) is 0 Å². The standard InChI is InChI=1S/C28H26F3NO5/c1-4-24(27(33)34)36-21-8-5-7-18(15-21)16-32-17(2)26(37-20-13-11-19(35-3)12-14-20)25-22(28(29,30)31)9-6-10-23(25)32/h5-15,24H,4,16H2,1-3H3,(H,33,34). The van der Waals surface area contributed by atoms with Gasteiger partial charge in [0.1, 0.15) is 17.2 Å². The van der Waals surface area contributed by atoms with Crippen LogP contribution >= 0.6 is 0 Å². The molecule has 194 valence electrons. The average Bonchev–Trinajstić information content (AvgIpc) is 3.13. The number of carboxylic acids is 1. The Morgan fingerprint density at radius 3 is 2.30 bits per heavy atom. The summed E-state index contributed by atoms with van der Waals surface area (Å²) in [5.41, 5.74) is 0.802. The number of carboxylic acid groups (broad SMARTS) is 1. The molecule has 9 heteroatoms. The number of carbonyl (C=O) groups is 1. The Morgan fingerprint density at radius 1 is 1.00 bits per heavy atom. The molecule has 3 aromatic carbocycles. The summed E-state index contributed by atoms with van der Waals surface area (Å²) < 4.78 is 60.6. The van der Waals surface area contributed by atoms with Crippen molar-refractivity contribution in [2.45, 2.75) is 39.1 Å². The number of benzene rings is 3. The molecule has 0 saturated carbocycles. The van der Waals surface area contributed by atoms with E-state index >= 15 is 0 Å². The molecule has 0 saturated heterocycles. The number of nitrogens with zero attached hydrogens (tertiary/aromatic N) is 1. The van der Waals surface area contributed by atoms with Gasteiger partial charge in [0.15, 0.2) is 11.9 Å². The van der Waals surface area contributed by atoms with Crippen LogP contribution in [0.5, 0.6) is 23.0 Å². The van der Waals surface area contributed by atoms with Gasteiger partial charge in [-0.3, -0.25) is 0 Å². The second-order valence-electron chi connectivity index (χ2n) is 8.48. The first-order valence-electron chi connectivity index (χ1n) is 11.6. The van der Waals surface area contributed by atoms with E-state index in [-0.39, 0.29) is 24.1 Å². The van der Waals surface area contributed by atoms with Gasteiger partial charge in [0.2, 0.25) is 0 Å². The zero-order valence-electron chi connectivity index (χ0n) is 20.5. The van der Waals surface area contributed by atoms with Gasteiger partial charge in [-0.05, 0) is 67.4 Å². The molecule has 0 aliphatic heterocycles. The van der Waals surface area contributed by atoms with Crippen LogP contribution in [0.2, 0.25) is 0 Å². The molecule has 0 aliphatic rings. The lowest BCUT2D eigenvalue weighted by molar-refractivity contribution is -0.145. The minimum absolute atomic E-state index is 0.0346. The molecule has 1 unspecified atom stereocenters. The van der Waals surface area contributed by atoms with Gasteiger partial charge in [0, 0.05) is 6.54 Å². The van der Waals surface area contributed by atoms with Gasteiger partial charge < -0.3 is 23.9 Å². The lowest BCUT2D eigenvalue weighted by Gasteiger charge is -2.15. The monoisotopic (exact) mass is 513 g/mol. The van der Waals surface area contributed by atoms with E-state index in [4.69, 9.17) is 14.2 Å². The molecule has 37 heavy (non-hydrogen) atoms. The van der Waals surface area contributed by atoms with Gasteiger partial charge in [0.25, 0.3) is 0 Å². The average molecular weight is 514 g/mol. The molecule has 4 rings (SSSR count). The maximum atomic E-state index is 14.0. The number of fused-ring (bicyclic) bond motifs is 1. The number of hydrogen-bond acceptors (Lipinski definition) is 4. The maximum Gasteiger partial charge on any atom is 0.417 e. The Balaban J connectivity index is 1.79. The quantitative estimate of drug-likeness (QED) is 0.260. The Hall–Kier alpha value is -4.14. The van der Waals surface area contributed by atoms with E-state index in [1.165, 1.54) is 13.2 Å². The topological polar surface area (TPSA) is 69.9 Å². The summed E-state index contributed by atoms with van der Waals surface area (Å²) in [4.78, 5) is 11.4. The number of methoxy groups -OCH3 is 1. The third-order valence-corrected chi connectivity index (χ3v) is 6.04. The summed E-state index contributed by atoms with van der Waals surface area (Å²) in [5, 5.41) is 9.26. The van der Waals surface area contributed by atoms with Crippen LogP contribution in [0.3, 0.4) is 0 Å². The fourth-order valence-electron chi connectivity index (χ4n) is 4.19. The van der Waals surface area contributed by atoms with Crippen LogP contribution < -0.4 is 14.2 Å². The van der Waals surface area contributed by atoms with Crippen molar-refractivity contribution in [3.8, 4) is 23.0 Å². The lowest BCUT2D eigenvalue weighted by Crippen LogP contribution is -2.25. The van der Waals surface area contributed by atoms with E-state index in [1.807, 2.05) is 0 Å². The predicted octanol–water partition coefficient (Wildman–Crippen LogP) is 7.06. The maximum absolute atomic E-state index is 14.0. The minimum Gasteiger partial charge on any atom is -0.497 e. The molecule has 1 atom stereocenters. The van der Waals surface area contributed by atoms with Crippen LogP contribution in [0.25, 0.3) is 10.9 Å². The number of halogens is 3. The van der Waals surface area contributed by atoms with Crippen molar-refractivity contribution in [2.24, 2.45) is 0 Å². The molecule has 0 spiro atoms. The van der Waals surface area contributed by atoms with Crippen molar-refractivity contribution < 1.29 is 37.3 Å². The van der Waals surface area contributed by atoms with Gasteiger partial charge in [-0.25, -0.2) is 4.79 Å². The van der Waals surface area contributed by atoms with E-state index in [0.717, 1.165) is 11.6 Å². The highest BCUT2D eigenvalue weighted by Crippen LogP contribution is 2.44. The van der Waals surface area contributed by atoms with E-state index in [0.29, 0.717) is 28.5 Å². The van der Waals surface area contributed by atoms with Gasteiger partial charge in [-0.1, -0.05) is 25.1 Å². The Morgan fingerprint density at radius 2 is 1.68 bits per heavy atom. The molecular weight excluding hydrogens is 487 g/mol.